The molecule has 4 aromatic rings. The lowest BCUT2D eigenvalue weighted by Crippen LogP contribution is -2.17. The van der Waals surface area contributed by atoms with Gasteiger partial charge < -0.3 is 9.30 Å². The molecule has 0 N–H and O–H groups in total. The van der Waals surface area contributed by atoms with Crippen molar-refractivity contribution in [3.8, 4) is 5.69 Å². The Balaban J connectivity index is 1.40. The third kappa shape index (κ3) is 4.37. The molecule has 170 valence electrons. The van der Waals surface area contributed by atoms with Crippen molar-refractivity contribution in [3.05, 3.63) is 77.1 Å². The van der Waals surface area contributed by atoms with Crippen molar-refractivity contribution in [2.75, 3.05) is 12.4 Å². The van der Waals surface area contributed by atoms with E-state index in [0.717, 1.165) is 64.8 Å². The Morgan fingerprint density at radius 2 is 1.97 bits per heavy atom. The van der Waals surface area contributed by atoms with Gasteiger partial charge >= 0.3 is 0 Å². The average molecular weight is 460 g/mol. The first kappa shape index (κ1) is 22.0. The second-order valence-electron chi connectivity index (χ2n) is 8.80. The second kappa shape index (κ2) is 9.20. The van der Waals surface area contributed by atoms with Crippen molar-refractivity contribution in [2.24, 2.45) is 0 Å². The molecule has 6 heteroatoms. The molecule has 2 aromatic carbocycles. The van der Waals surface area contributed by atoms with Gasteiger partial charge in [-0.05, 0) is 69.5 Å². The topological polar surface area (TPSA) is 49.0 Å². The molecule has 0 aliphatic carbocycles. The minimum Gasteiger partial charge on any atom is -0.376 e. The number of hydrogen-bond donors (Lipinski definition) is 0. The highest BCUT2D eigenvalue weighted by molar-refractivity contribution is 7.99. The number of Topliss-reactive ketones (excluding diaryl/α,β-unsaturated/α-hetero) is 1. The van der Waals surface area contributed by atoms with Gasteiger partial charge in [-0.15, -0.1) is 0 Å². The number of para-hydroxylation sites is 2. The van der Waals surface area contributed by atoms with Crippen molar-refractivity contribution in [1.82, 2.24) is 14.1 Å². The van der Waals surface area contributed by atoms with Crippen molar-refractivity contribution in [3.63, 3.8) is 0 Å². The molecular weight excluding hydrogens is 430 g/mol. The van der Waals surface area contributed by atoms with E-state index in [1.165, 1.54) is 17.3 Å². The Labute approximate surface area is 198 Å². The molecular formula is C27H29N3O2S. The predicted molar refractivity (Wildman–Crippen MR) is 134 cm³/mol. The van der Waals surface area contributed by atoms with Gasteiger partial charge in [0.15, 0.2) is 10.9 Å². The first-order valence-electron chi connectivity index (χ1n) is 11.5. The van der Waals surface area contributed by atoms with E-state index >= 15 is 0 Å². The zero-order chi connectivity index (χ0) is 22.9. The van der Waals surface area contributed by atoms with Crippen LogP contribution in [0.4, 0.5) is 0 Å². The Morgan fingerprint density at radius 3 is 2.76 bits per heavy atom. The van der Waals surface area contributed by atoms with Crippen LogP contribution < -0.4 is 0 Å². The number of carbonyl (C=O) groups excluding carboxylic acids is 1. The number of nitrogens with zero attached hydrogens (tertiary/aromatic N) is 3. The standard InChI is InChI=1S/C27H29N3O2S/c1-18-8-6-9-21(14-18)30-25-12-5-4-11-24(25)28-27(30)33-17-26(31)23-15-19(2)29(20(23)3)16-22-10-7-13-32-22/h4-6,8-9,11-12,14-15,22H,7,10,13,16-17H2,1-3H3/t22-/m1/s1. The van der Waals surface area contributed by atoms with Crippen LogP contribution in [0.1, 0.15) is 40.2 Å². The van der Waals surface area contributed by atoms with Gasteiger partial charge in [-0.2, -0.15) is 0 Å². The fourth-order valence-electron chi connectivity index (χ4n) is 4.68. The molecule has 0 spiro atoms. The fourth-order valence-corrected chi connectivity index (χ4v) is 5.59. The fraction of sp³-hybridized carbons (Fsp3) is 0.333. The van der Waals surface area contributed by atoms with Crippen LogP contribution in [0.5, 0.6) is 0 Å². The van der Waals surface area contributed by atoms with Gasteiger partial charge in [0, 0.05) is 35.8 Å². The van der Waals surface area contributed by atoms with Gasteiger partial charge in [0.1, 0.15) is 0 Å². The highest BCUT2D eigenvalue weighted by atomic mass is 32.2. The van der Waals surface area contributed by atoms with Gasteiger partial charge in [-0.1, -0.05) is 36.0 Å². The van der Waals surface area contributed by atoms with Crippen LogP contribution in [0, 0.1) is 20.8 Å². The molecule has 1 atom stereocenters. The van der Waals surface area contributed by atoms with Gasteiger partial charge in [0.25, 0.3) is 0 Å². The summed E-state index contributed by atoms with van der Waals surface area (Å²) in [5.74, 6) is 0.480. The minimum absolute atomic E-state index is 0.134. The van der Waals surface area contributed by atoms with Gasteiger partial charge in [0.05, 0.1) is 22.9 Å². The first-order valence-corrected chi connectivity index (χ1v) is 12.5. The van der Waals surface area contributed by atoms with Crippen LogP contribution in [0.25, 0.3) is 16.7 Å². The highest BCUT2D eigenvalue weighted by Crippen LogP contribution is 2.29. The summed E-state index contributed by atoms with van der Waals surface area (Å²) < 4.78 is 10.2. The smallest absolute Gasteiger partial charge is 0.175 e. The number of fused-ring (bicyclic) bond motifs is 1. The number of hydrogen-bond acceptors (Lipinski definition) is 4. The summed E-state index contributed by atoms with van der Waals surface area (Å²) in [6.45, 7) is 7.87. The Hall–Kier alpha value is -2.83. The SMILES string of the molecule is Cc1cccc(-n2c(SCC(=O)c3cc(C)n(C[C@H]4CCCO4)c3C)nc3ccccc32)c1. The van der Waals surface area contributed by atoms with Crippen molar-refractivity contribution < 1.29 is 9.53 Å². The zero-order valence-corrected chi connectivity index (χ0v) is 20.2. The summed E-state index contributed by atoms with van der Waals surface area (Å²) in [6, 6.07) is 18.5. The van der Waals surface area contributed by atoms with E-state index in [2.05, 4.69) is 53.3 Å². The minimum atomic E-state index is 0.134. The molecule has 5 nitrogen and oxygen atoms in total. The first-order chi connectivity index (χ1) is 16.0. The zero-order valence-electron chi connectivity index (χ0n) is 19.4. The molecule has 0 amide bonds. The van der Waals surface area contributed by atoms with Gasteiger partial charge in [0.2, 0.25) is 0 Å². The molecule has 2 aromatic heterocycles. The maximum Gasteiger partial charge on any atom is 0.175 e. The number of carbonyl (C=O) groups is 1. The number of imidazole rings is 1. The summed E-state index contributed by atoms with van der Waals surface area (Å²) in [5.41, 5.74) is 7.18. The molecule has 1 aliphatic heterocycles. The largest absolute Gasteiger partial charge is 0.376 e. The third-order valence-electron chi connectivity index (χ3n) is 6.41. The van der Waals surface area contributed by atoms with E-state index in [4.69, 9.17) is 9.72 Å². The molecule has 0 saturated carbocycles. The number of aryl methyl sites for hydroxylation is 2. The lowest BCUT2D eigenvalue weighted by Gasteiger charge is -2.14. The lowest BCUT2D eigenvalue weighted by atomic mass is 10.2. The molecule has 0 bridgehead atoms. The molecule has 0 unspecified atom stereocenters. The Kier molecular flexibility index (Phi) is 6.13. The van der Waals surface area contributed by atoms with Crippen LogP contribution in [0.3, 0.4) is 0 Å². The number of thioether (sulfide) groups is 1. The van der Waals surface area contributed by atoms with Crippen molar-refractivity contribution in [1.29, 1.82) is 0 Å². The van der Waals surface area contributed by atoms with E-state index in [-0.39, 0.29) is 11.9 Å². The molecule has 5 rings (SSSR count). The summed E-state index contributed by atoms with van der Waals surface area (Å²) >= 11 is 1.50. The van der Waals surface area contributed by atoms with Crippen LogP contribution in [0.15, 0.2) is 59.8 Å². The average Bonchev–Trinajstić information content (AvgIpc) is 3.52. The van der Waals surface area contributed by atoms with Gasteiger partial charge in [-0.25, -0.2) is 4.98 Å². The van der Waals surface area contributed by atoms with E-state index in [1.807, 2.05) is 31.2 Å². The van der Waals surface area contributed by atoms with Crippen LogP contribution >= 0.6 is 11.8 Å². The number of benzene rings is 2. The third-order valence-corrected chi connectivity index (χ3v) is 7.35. The van der Waals surface area contributed by atoms with Crippen LogP contribution in [0.2, 0.25) is 0 Å². The van der Waals surface area contributed by atoms with Gasteiger partial charge in [-0.3, -0.25) is 9.36 Å². The maximum atomic E-state index is 13.3. The molecule has 1 aliphatic rings. The molecule has 1 fully saturated rings. The Morgan fingerprint density at radius 1 is 1.12 bits per heavy atom. The molecule has 33 heavy (non-hydrogen) atoms. The van der Waals surface area contributed by atoms with E-state index in [9.17, 15) is 4.79 Å². The number of aromatic nitrogens is 3. The lowest BCUT2D eigenvalue weighted by molar-refractivity contribution is 0.0957. The summed E-state index contributed by atoms with van der Waals surface area (Å²) in [7, 11) is 0. The predicted octanol–water partition coefficient (Wildman–Crippen LogP) is 5.91. The number of rotatable bonds is 7. The second-order valence-corrected chi connectivity index (χ2v) is 9.74. The molecule has 3 heterocycles. The van der Waals surface area contributed by atoms with E-state index in [0.29, 0.717) is 5.75 Å². The quantitative estimate of drug-likeness (QED) is 0.255. The number of ether oxygens (including phenoxy) is 1. The highest BCUT2D eigenvalue weighted by Gasteiger charge is 2.22. The van der Waals surface area contributed by atoms with E-state index < -0.39 is 0 Å². The molecule has 1 saturated heterocycles. The van der Waals surface area contributed by atoms with Crippen LogP contribution in [-0.2, 0) is 11.3 Å². The number of ketones is 1. The van der Waals surface area contributed by atoms with Crippen molar-refractivity contribution >= 4 is 28.6 Å². The Bertz CT molecular complexity index is 1310. The summed E-state index contributed by atoms with van der Waals surface area (Å²) in [4.78, 5) is 18.1. The van der Waals surface area contributed by atoms with E-state index in [1.54, 1.807) is 0 Å². The maximum absolute atomic E-state index is 13.3. The normalized spacial score (nSPS) is 16.0. The monoisotopic (exact) mass is 459 g/mol. The van der Waals surface area contributed by atoms with Crippen LogP contribution in [-0.4, -0.2) is 38.4 Å². The van der Waals surface area contributed by atoms with Crippen molar-refractivity contribution in [2.45, 2.75) is 51.4 Å². The summed E-state index contributed by atoms with van der Waals surface area (Å²) in [5, 5.41) is 0.836. The summed E-state index contributed by atoms with van der Waals surface area (Å²) in [6.07, 6.45) is 2.46. The molecule has 0 radical (unpaired) electrons.